The van der Waals surface area contributed by atoms with E-state index < -0.39 is 0 Å². The van der Waals surface area contributed by atoms with Crippen LogP contribution in [0.4, 0.5) is 0 Å². The number of halogens is 1. The monoisotopic (exact) mass is 452 g/mol. The largest absolute Gasteiger partial charge is 0.487 e. The quantitative estimate of drug-likeness (QED) is 0.279. The molecule has 5 nitrogen and oxygen atoms in total. The van der Waals surface area contributed by atoms with Crippen molar-refractivity contribution in [2.45, 2.75) is 20.1 Å². The van der Waals surface area contributed by atoms with E-state index in [1.54, 1.807) is 12.3 Å². The van der Waals surface area contributed by atoms with Crippen molar-refractivity contribution >= 4 is 29.9 Å². The molecule has 0 radical (unpaired) electrons. The second kappa shape index (κ2) is 12.3. The summed E-state index contributed by atoms with van der Waals surface area (Å²) < 4.78 is 5.80. The van der Waals surface area contributed by atoms with Crippen LogP contribution in [0, 0.1) is 0 Å². The van der Waals surface area contributed by atoms with Crippen molar-refractivity contribution in [2.75, 3.05) is 13.1 Å². The molecule has 0 amide bonds. The molecule has 0 aliphatic carbocycles. The first-order chi connectivity index (χ1) is 11.8. The summed E-state index contributed by atoms with van der Waals surface area (Å²) in [5.74, 6) is 1.59. The lowest BCUT2D eigenvalue weighted by Gasteiger charge is -2.10. The Kier molecular flexibility index (Phi) is 10.3. The Morgan fingerprint density at radius 3 is 2.84 bits per heavy atom. The zero-order chi connectivity index (χ0) is 17.0. The van der Waals surface area contributed by atoms with Crippen molar-refractivity contribution in [3.8, 4) is 5.75 Å². The van der Waals surface area contributed by atoms with Gasteiger partial charge in [0.25, 0.3) is 0 Å². The van der Waals surface area contributed by atoms with E-state index in [1.807, 2.05) is 49.4 Å². The molecule has 0 saturated heterocycles. The number of pyridine rings is 1. The number of nitrogens with zero attached hydrogens (tertiary/aromatic N) is 2. The minimum Gasteiger partial charge on any atom is -0.487 e. The molecule has 134 valence electrons. The van der Waals surface area contributed by atoms with Crippen molar-refractivity contribution in [2.24, 2.45) is 4.99 Å². The fraction of sp³-hybridized carbons (Fsp3) is 0.263. The van der Waals surface area contributed by atoms with Crippen LogP contribution < -0.4 is 15.4 Å². The molecule has 0 bridgehead atoms. The maximum absolute atomic E-state index is 5.80. The number of rotatable bonds is 8. The summed E-state index contributed by atoms with van der Waals surface area (Å²) in [6.45, 7) is 8.27. The van der Waals surface area contributed by atoms with Gasteiger partial charge in [0.2, 0.25) is 0 Å². The number of aliphatic imine (C=N–C) groups is 1. The van der Waals surface area contributed by atoms with Crippen LogP contribution in [-0.2, 0) is 13.2 Å². The van der Waals surface area contributed by atoms with Crippen molar-refractivity contribution in [1.29, 1.82) is 0 Å². The van der Waals surface area contributed by atoms with Gasteiger partial charge in [-0.05, 0) is 36.8 Å². The Morgan fingerprint density at radius 2 is 2.12 bits per heavy atom. The Balaban J connectivity index is 0.00000312. The van der Waals surface area contributed by atoms with Crippen molar-refractivity contribution in [3.05, 3.63) is 72.6 Å². The SMILES string of the molecule is C=CCNC(=NCc1cccc(OCc2ccccn2)c1)NCC.I. The van der Waals surface area contributed by atoms with Gasteiger partial charge in [-0.25, -0.2) is 4.99 Å². The number of aromatic nitrogens is 1. The number of ether oxygens (including phenoxy) is 1. The molecule has 0 aliphatic rings. The van der Waals surface area contributed by atoms with E-state index in [1.165, 1.54) is 0 Å². The van der Waals surface area contributed by atoms with Gasteiger partial charge >= 0.3 is 0 Å². The molecule has 0 saturated carbocycles. The summed E-state index contributed by atoms with van der Waals surface area (Å²) in [6.07, 6.45) is 3.57. The molecule has 0 unspecified atom stereocenters. The van der Waals surface area contributed by atoms with Gasteiger partial charge in [0.15, 0.2) is 5.96 Å². The van der Waals surface area contributed by atoms with E-state index in [-0.39, 0.29) is 24.0 Å². The smallest absolute Gasteiger partial charge is 0.191 e. The molecule has 0 fully saturated rings. The molecule has 0 aliphatic heterocycles. The first-order valence-corrected chi connectivity index (χ1v) is 8.06. The van der Waals surface area contributed by atoms with Crippen LogP contribution in [0.1, 0.15) is 18.2 Å². The third-order valence-corrected chi connectivity index (χ3v) is 3.19. The third kappa shape index (κ3) is 8.02. The first-order valence-electron chi connectivity index (χ1n) is 8.06. The molecular weight excluding hydrogens is 427 g/mol. The van der Waals surface area contributed by atoms with Gasteiger partial charge in [-0.1, -0.05) is 24.3 Å². The predicted molar refractivity (Wildman–Crippen MR) is 113 cm³/mol. The van der Waals surface area contributed by atoms with Gasteiger partial charge in [-0.3, -0.25) is 4.98 Å². The molecule has 1 heterocycles. The van der Waals surface area contributed by atoms with Crippen LogP contribution in [0.5, 0.6) is 5.75 Å². The fourth-order valence-electron chi connectivity index (χ4n) is 2.06. The molecule has 0 atom stereocenters. The Hall–Kier alpha value is -2.09. The highest BCUT2D eigenvalue weighted by Gasteiger charge is 2.00. The fourth-order valence-corrected chi connectivity index (χ4v) is 2.06. The van der Waals surface area contributed by atoms with E-state index in [2.05, 4.69) is 27.2 Å². The lowest BCUT2D eigenvalue weighted by molar-refractivity contribution is 0.301. The first kappa shape index (κ1) is 21.0. The average molecular weight is 452 g/mol. The summed E-state index contributed by atoms with van der Waals surface area (Å²) in [5.41, 5.74) is 1.99. The minimum atomic E-state index is 0. The summed E-state index contributed by atoms with van der Waals surface area (Å²) >= 11 is 0. The number of guanidine groups is 1. The summed E-state index contributed by atoms with van der Waals surface area (Å²) in [6, 6.07) is 13.7. The number of hydrogen-bond donors (Lipinski definition) is 2. The highest BCUT2D eigenvalue weighted by Crippen LogP contribution is 2.15. The maximum Gasteiger partial charge on any atom is 0.191 e. The van der Waals surface area contributed by atoms with Gasteiger partial charge in [-0.15, -0.1) is 30.6 Å². The zero-order valence-electron chi connectivity index (χ0n) is 14.4. The van der Waals surface area contributed by atoms with Crippen molar-refractivity contribution in [3.63, 3.8) is 0 Å². The summed E-state index contributed by atoms with van der Waals surface area (Å²) in [4.78, 5) is 8.81. The normalized spacial score (nSPS) is 10.5. The molecule has 2 rings (SSSR count). The second-order valence-corrected chi connectivity index (χ2v) is 5.12. The van der Waals surface area contributed by atoms with Gasteiger partial charge < -0.3 is 15.4 Å². The second-order valence-electron chi connectivity index (χ2n) is 5.12. The molecule has 1 aromatic carbocycles. The van der Waals surface area contributed by atoms with E-state index in [0.717, 1.165) is 29.5 Å². The van der Waals surface area contributed by atoms with Crippen molar-refractivity contribution < 1.29 is 4.74 Å². The van der Waals surface area contributed by atoms with Crippen LogP contribution in [0.25, 0.3) is 0 Å². The Labute approximate surface area is 166 Å². The highest BCUT2D eigenvalue weighted by atomic mass is 127. The number of benzene rings is 1. The molecule has 1 aromatic heterocycles. The van der Waals surface area contributed by atoms with Gasteiger partial charge in [0, 0.05) is 19.3 Å². The Morgan fingerprint density at radius 1 is 1.24 bits per heavy atom. The Bertz CT molecular complexity index is 661. The van der Waals surface area contributed by atoms with Crippen LogP contribution in [0.3, 0.4) is 0 Å². The standard InChI is InChI=1S/C19H24N4O.HI/c1-3-11-22-19(20-4-2)23-14-16-8-7-10-18(13-16)24-15-17-9-5-6-12-21-17;/h3,5-10,12-13H,1,4,11,14-15H2,2H3,(H2,20,22,23);1H. The molecule has 25 heavy (non-hydrogen) atoms. The van der Waals surface area contributed by atoms with Crippen LogP contribution >= 0.6 is 24.0 Å². The van der Waals surface area contributed by atoms with Crippen LogP contribution in [0.2, 0.25) is 0 Å². The average Bonchev–Trinajstić information content (AvgIpc) is 2.63. The molecule has 6 heteroatoms. The van der Waals surface area contributed by atoms with E-state index in [0.29, 0.717) is 19.7 Å². The minimum absolute atomic E-state index is 0. The van der Waals surface area contributed by atoms with Crippen molar-refractivity contribution in [1.82, 2.24) is 15.6 Å². The highest BCUT2D eigenvalue weighted by molar-refractivity contribution is 14.0. The van der Waals surface area contributed by atoms with Crippen LogP contribution in [-0.4, -0.2) is 24.0 Å². The third-order valence-electron chi connectivity index (χ3n) is 3.19. The molecule has 2 N–H and O–H groups in total. The van der Waals surface area contributed by atoms with Gasteiger partial charge in [-0.2, -0.15) is 0 Å². The lowest BCUT2D eigenvalue weighted by Crippen LogP contribution is -2.37. The van der Waals surface area contributed by atoms with E-state index >= 15 is 0 Å². The topological polar surface area (TPSA) is 58.5 Å². The maximum atomic E-state index is 5.80. The van der Waals surface area contributed by atoms with Crippen LogP contribution in [0.15, 0.2) is 66.3 Å². The number of hydrogen-bond acceptors (Lipinski definition) is 3. The summed E-state index contributed by atoms with van der Waals surface area (Å²) in [7, 11) is 0. The van der Waals surface area contributed by atoms with E-state index in [9.17, 15) is 0 Å². The molecular formula is C19H25IN4O. The number of nitrogens with one attached hydrogen (secondary N) is 2. The van der Waals surface area contributed by atoms with Gasteiger partial charge in [0.05, 0.1) is 12.2 Å². The zero-order valence-corrected chi connectivity index (χ0v) is 16.8. The van der Waals surface area contributed by atoms with Gasteiger partial charge in [0.1, 0.15) is 12.4 Å². The summed E-state index contributed by atoms with van der Waals surface area (Å²) in [5, 5.41) is 6.38. The lowest BCUT2D eigenvalue weighted by atomic mass is 10.2. The molecule has 2 aromatic rings. The van der Waals surface area contributed by atoms with E-state index in [4.69, 9.17) is 4.74 Å². The molecule has 0 spiro atoms. The predicted octanol–water partition coefficient (Wildman–Crippen LogP) is 3.52.